The molecule has 7 nitrogen and oxygen atoms in total. The standard InChI is InChI=1S/C27H21Cl3N2O5S/c1-37-27(34)24(32-26(33)18-9-8-17(14-21(18)30)38(2,35)36)13-15-6-10-22-16(12-15)7-11-23(31-22)25-19(28)4-3-5-20(25)29/h3-12,14,24H,13H2,1-2H3,(H,32,33). The molecule has 0 bridgehead atoms. The number of rotatable bonds is 7. The van der Waals surface area contributed by atoms with E-state index in [1.807, 2.05) is 12.1 Å². The summed E-state index contributed by atoms with van der Waals surface area (Å²) in [4.78, 5) is 30.1. The normalized spacial score (nSPS) is 12.2. The molecule has 0 fully saturated rings. The fourth-order valence-electron chi connectivity index (χ4n) is 3.90. The van der Waals surface area contributed by atoms with E-state index in [0.717, 1.165) is 17.2 Å². The van der Waals surface area contributed by atoms with Gasteiger partial charge in [0.25, 0.3) is 5.91 Å². The van der Waals surface area contributed by atoms with Gasteiger partial charge in [-0.25, -0.2) is 18.2 Å². The first-order valence-electron chi connectivity index (χ1n) is 11.2. The summed E-state index contributed by atoms with van der Waals surface area (Å²) in [5.41, 5.74) is 2.73. The Morgan fingerprint density at radius 2 is 1.66 bits per heavy atom. The van der Waals surface area contributed by atoms with Crippen LogP contribution in [0.5, 0.6) is 0 Å². The summed E-state index contributed by atoms with van der Waals surface area (Å²) in [6.07, 6.45) is 1.17. The summed E-state index contributed by atoms with van der Waals surface area (Å²) < 4.78 is 28.4. The number of hydrogen-bond acceptors (Lipinski definition) is 6. The Morgan fingerprint density at radius 1 is 0.947 bits per heavy atom. The van der Waals surface area contributed by atoms with Crippen molar-refractivity contribution in [2.75, 3.05) is 13.4 Å². The number of carbonyl (C=O) groups is 2. The van der Waals surface area contributed by atoms with E-state index in [2.05, 4.69) is 10.3 Å². The van der Waals surface area contributed by atoms with Gasteiger partial charge >= 0.3 is 5.97 Å². The average molecular weight is 592 g/mol. The molecule has 1 heterocycles. The Hall–Kier alpha value is -3.17. The van der Waals surface area contributed by atoms with Crippen LogP contribution in [-0.2, 0) is 25.8 Å². The van der Waals surface area contributed by atoms with Crippen LogP contribution in [0.1, 0.15) is 15.9 Å². The van der Waals surface area contributed by atoms with Gasteiger partial charge in [0.1, 0.15) is 6.04 Å². The Bertz CT molecular complexity index is 1650. The highest BCUT2D eigenvalue weighted by Gasteiger charge is 2.24. The second-order valence-electron chi connectivity index (χ2n) is 8.49. The molecule has 0 saturated carbocycles. The van der Waals surface area contributed by atoms with Crippen LogP contribution in [0, 0.1) is 0 Å². The molecular formula is C27H21Cl3N2O5S. The van der Waals surface area contributed by atoms with Gasteiger partial charge in [0.15, 0.2) is 9.84 Å². The molecule has 11 heteroatoms. The number of pyridine rings is 1. The van der Waals surface area contributed by atoms with E-state index in [0.29, 0.717) is 26.8 Å². The van der Waals surface area contributed by atoms with Crippen LogP contribution in [0.25, 0.3) is 22.2 Å². The van der Waals surface area contributed by atoms with Crippen LogP contribution in [0.4, 0.5) is 0 Å². The maximum absolute atomic E-state index is 12.9. The molecule has 4 rings (SSSR count). The van der Waals surface area contributed by atoms with E-state index in [4.69, 9.17) is 39.5 Å². The van der Waals surface area contributed by atoms with Crippen molar-refractivity contribution in [3.05, 3.63) is 92.9 Å². The SMILES string of the molecule is COC(=O)C(Cc1ccc2nc(-c3c(Cl)cccc3Cl)ccc2c1)NC(=O)c1ccc(S(C)(=O)=O)cc1Cl. The molecule has 0 saturated heterocycles. The molecule has 4 aromatic rings. The minimum Gasteiger partial charge on any atom is -0.467 e. The zero-order valence-corrected chi connectivity index (χ0v) is 23.3. The lowest BCUT2D eigenvalue weighted by atomic mass is 10.0. The van der Waals surface area contributed by atoms with Crippen molar-refractivity contribution in [1.29, 1.82) is 0 Å². The highest BCUT2D eigenvalue weighted by Crippen LogP contribution is 2.34. The highest BCUT2D eigenvalue weighted by molar-refractivity contribution is 7.90. The van der Waals surface area contributed by atoms with Gasteiger partial charge in [0, 0.05) is 23.6 Å². The van der Waals surface area contributed by atoms with E-state index in [1.54, 1.807) is 36.4 Å². The number of aromatic nitrogens is 1. The van der Waals surface area contributed by atoms with Gasteiger partial charge in [-0.15, -0.1) is 0 Å². The van der Waals surface area contributed by atoms with Crippen LogP contribution in [0.3, 0.4) is 0 Å². The molecule has 1 N–H and O–H groups in total. The quantitative estimate of drug-likeness (QED) is 0.273. The summed E-state index contributed by atoms with van der Waals surface area (Å²) >= 11 is 18.8. The summed E-state index contributed by atoms with van der Waals surface area (Å²) in [6.45, 7) is 0. The van der Waals surface area contributed by atoms with Crippen molar-refractivity contribution >= 4 is 67.4 Å². The van der Waals surface area contributed by atoms with E-state index >= 15 is 0 Å². The van der Waals surface area contributed by atoms with Crippen LogP contribution < -0.4 is 5.32 Å². The number of hydrogen-bond donors (Lipinski definition) is 1. The molecule has 0 spiro atoms. The molecule has 0 aliphatic heterocycles. The van der Waals surface area contributed by atoms with Gasteiger partial charge in [-0.05, 0) is 54.1 Å². The largest absolute Gasteiger partial charge is 0.467 e. The molecule has 3 aromatic carbocycles. The van der Waals surface area contributed by atoms with Gasteiger partial charge in [-0.3, -0.25) is 4.79 Å². The van der Waals surface area contributed by atoms with Gasteiger partial charge in [0.2, 0.25) is 0 Å². The van der Waals surface area contributed by atoms with Crippen molar-refractivity contribution in [3.63, 3.8) is 0 Å². The van der Waals surface area contributed by atoms with Crippen molar-refractivity contribution < 1.29 is 22.7 Å². The minimum atomic E-state index is -3.50. The number of benzene rings is 3. The highest BCUT2D eigenvalue weighted by atomic mass is 35.5. The second kappa shape index (κ2) is 11.3. The predicted molar refractivity (Wildman–Crippen MR) is 149 cm³/mol. The molecule has 196 valence electrons. The number of ether oxygens (including phenoxy) is 1. The second-order valence-corrected chi connectivity index (χ2v) is 11.7. The lowest BCUT2D eigenvalue weighted by molar-refractivity contribution is -0.142. The number of nitrogens with one attached hydrogen (secondary N) is 1. The molecule has 38 heavy (non-hydrogen) atoms. The van der Waals surface area contributed by atoms with Crippen LogP contribution in [-0.4, -0.2) is 44.7 Å². The van der Waals surface area contributed by atoms with Gasteiger partial charge in [-0.2, -0.15) is 0 Å². The summed E-state index contributed by atoms with van der Waals surface area (Å²) in [7, 11) is -2.28. The number of carbonyl (C=O) groups excluding carboxylic acids is 2. The van der Waals surface area contributed by atoms with Crippen molar-refractivity contribution in [1.82, 2.24) is 10.3 Å². The number of methoxy groups -OCH3 is 1. The number of amides is 1. The van der Waals surface area contributed by atoms with Gasteiger partial charge < -0.3 is 10.1 Å². The van der Waals surface area contributed by atoms with E-state index in [-0.39, 0.29) is 21.9 Å². The average Bonchev–Trinajstić information content (AvgIpc) is 2.87. The van der Waals surface area contributed by atoms with Crippen molar-refractivity contribution in [2.24, 2.45) is 0 Å². The molecule has 1 unspecified atom stereocenters. The number of nitrogens with zero attached hydrogens (tertiary/aromatic N) is 1. The smallest absolute Gasteiger partial charge is 0.328 e. The van der Waals surface area contributed by atoms with Crippen LogP contribution in [0.2, 0.25) is 15.1 Å². The maximum atomic E-state index is 12.9. The van der Waals surface area contributed by atoms with Crippen LogP contribution in [0.15, 0.2) is 71.6 Å². The number of halogens is 3. The first-order valence-corrected chi connectivity index (χ1v) is 14.2. The van der Waals surface area contributed by atoms with E-state index < -0.39 is 27.8 Å². The topological polar surface area (TPSA) is 102 Å². The third kappa shape index (κ3) is 6.10. The molecule has 1 aromatic heterocycles. The number of esters is 1. The summed E-state index contributed by atoms with van der Waals surface area (Å²) in [5.74, 6) is -1.29. The fraction of sp³-hybridized carbons (Fsp3) is 0.148. The van der Waals surface area contributed by atoms with E-state index in [9.17, 15) is 18.0 Å². The third-order valence-corrected chi connectivity index (χ3v) is 7.87. The lowest BCUT2D eigenvalue weighted by Crippen LogP contribution is -2.43. The van der Waals surface area contributed by atoms with Crippen molar-refractivity contribution in [2.45, 2.75) is 17.4 Å². The zero-order chi connectivity index (χ0) is 27.6. The Balaban J connectivity index is 1.58. The summed E-state index contributed by atoms with van der Waals surface area (Å²) in [6, 6.07) is 17.1. The Labute approximate surface area is 234 Å². The molecule has 0 radical (unpaired) electrons. The first kappa shape index (κ1) is 27.9. The Morgan fingerprint density at radius 3 is 2.29 bits per heavy atom. The molecule has 1 atom stereocenters. The number of fused-ring (bicyclic) bond motifs is 1. The minimum absolute atomic E-state index is 0.0201. The molecule has 0 aliphatic rings. The monoisotopic (exact) mass is 590 g/mol. The molecule has 0 aliphatic carbocycles. The van der Waals surface area contributed by atoms with E-state index in [1.165, 1.54) is 25.3 Å². The molecular weight excluding hydrogens is 571 g/mol. The van der Waals surface area contributed by atoms with Crippen LogP contribution >= 0.6 is 34.8 Å². The van der Waals surface area contributed by atoms with Crippen molar-refractivity contribution in [3.8, 4) is 11.3 Å². The maximum Gasteiger partial charge on any atom is 0.328 e. The zero-order valence-electron chi connectivity index (χ0n) is 20.2. The third-order valence-electron chi connectivity index (χ3n) is 5.82. The molecule has 1 amide bonds. The fourth-order valence-corrected chi connectivity index (χ4v) is 5.47. The lowest BCUT2D eigenvalue weighted by Gasteiger charge is -2.18. The summed E-state index contributed by atoms with van der Waals surface area (Å²) in [5, 5.41) is 4.36. The number of sulfone groups is 1. The predicted octanol–water partition coefficient (Wildman–Crippen LogP) is 5.78. The Kier molecular flexibility index (Phi) is 8.28. The van der Waals surface area contributed by atoms with Gasteiger partial charge in [-0.1, -0.05) is 53.0 Å². The van der Waals surface area contributed by atoms with Gasteiger partial charge in [0.05, 0.1) is 43.8 Å². The first-order chi connectivity index (χ1) is 18.0.